The van der Waals surface area contributed by atoms with Gasteiger partial charge in [0, 0.05) is 17.7 Å². The first-order chi connectivity index (χ1) is 9.58. The van der Waals surface area contributed by atoms with E-state index in [4.69, 9.17) is 9.84 Å². The van der Waals surface area contributed by atoms with Gasteiger partial charge in [0.1, 0.15) is 23.4 Å². The molecule has 1 heterocycles. The largest absolute Gasteiger partial charge is 0.508 e. The van der Waals surface area contributed by atoms with Gasteiger partial charge < -0.3 is 20.3 Å². The van der Waals surface area contributed by atoms with E-state index in [1.165, 1.54) is 24.4 Å². The maximum atomic E-state index is 12.0. The topological polar surface area (TPSA) is 107 Å². The van der Waals surface area contributed by atoms with Crippen molar-refractivity contribution < 1.29 is 19.7 Å². The van der Waals surface area contributed by atoms with Crippen LogP contribution in [0.3, 0.4) is 0 Å². The average molecular weight is 277 g/mol. The first-order valence-corrected chi connectivity index (χ1v) is 6.01. The Morgan fingerprint density at radius 1 is 1.50 bits per heavy atom. The molecule has 20 heavy (non-hydrogen) atoms. The average Bonchev–Trinajstić information content (AvgIpc) is 2.90. The van der Waals surface area contributed by atoms with Crippen molar-refractivity contribution >= 4 is 11.7 Å². The lowest BCUT2D eigenvalue weighted by atomic mass is 10.2. The molecule has 0 saturated heterocycles. The molecule has 1 atom stereocenters. The number of phenols is 1. The number of rotatable bonds is 5. The van der Waals surface area contributed by atoms with E-state index >= 15 is 0 Å². The highest BCUT2D eigenvalue weighted by atomic mass is 16.5. The Morgan fingerprint density at radius 2 is 2.30 bits per heavy atom. The molecule has 0 radical (unpaired) electrons. The minimum Gasteiger partial charge on any atom is -0.508 e. The van der Waals surface area contributed by atoms with Crippen LogP contribution in [-0.2, 0) is 0 Å². The zero-order chi connectivity index (χ0) is 14.5. The molecule has 1 aromatic heterocycles. The number of aliphatic hydroxyl groups excluding tert-OH is 1. The molecular weight excluding hydrogens is 262 g/mol. The van der Waals surface area contributed by atoms with Gasteiger partial charge >= 0.3 is 0 Å². The molecule has 7 heteroatoms. The van der Waals surface area contributed by atoms with E-state index in [1.54, 1.807) is 13.0 Å². The normalized spacial score (nSPS) is 11.9. The SMILES string of the molecule is C[C@@H](CO)Oc1cc(O)cc(C(=O)Nc2ccn[nH]2)c1. The Morgan fingerprint density at radius 3 is 2.95 bits per heavy atom. The first-order valence-electron chi connectivity index (χ1n) is 6.01. The molecule has 0 spiro atoms. The molecule has 0 unspecified atom stereocenters. The van der Waals surface area contributed by atoms with Crippen molar-refractivity contribution in [3.8, 4) is 11.5 Å². The van der Waals surface area contributed by atoms with Crippen LogP contribution in [0, 0.1) is 0 Å². The lowest BCUT2D eigenvalue weighted by Crippen LogP contribution is -2.17. The van der Waals surface area contributed by atoms with E-state index < -0.39 is 12.0 Å². The molecule has 106 valence electrons. The lowest BCUT2D eigenvalue weighted by molar-refractivity contribution is 0.102. The third kappa shape index (κ3) is 3.48. The number of aromatic amines is 1. The summed E-state index contributed by atoms with van der Waals surface area (Å²) in [4.78, 5) is 12.0. The van der Waals surface area contributed by atoms with E-state index in [2.05, 4.69) is 15.5 Å². The van der Waals surface area contributed by atoms with Gasteiger partial charge in [0.25, 0.3) is 5.91 Å². The Labute approximate surface area is 115 Å². The van der Waals surface area contributed by atoms with Crippen molar-refractivity contribution in [3.05, 3.63) is 36.0 Å². The quantitative estimate of drug-likeness (QED) is 0.655. The molecule has 4 N–H and O–H groups in total. The van der Waals surface area contributed by atoms with E-state index in [-0.39, 0.29) is 17.9 Å². The van der Waals surface area contributed by atoms with Crippen LogP contribution in [0.25, 0.3) is 0 Å². The van der Waals surface area contributed by atoms with Gasteiger partial charge in [-0.15, -0.1) is 0 Å². The summed E-state index contributed by atoms with van der Waals surface area (Å²) in [6.07, 6.45) is 1.08. The van der Waals surface area contributed by atoms with Gasteiger partial charge in [0.2, 0.25) is 0 Å². The van der Waals surface area contributed by atoms with Crippen LogP contribution in [0.1, 0.15) is 17.3 Å². The van der Waals surface area contributed by atoms with Gasteiger partial charge in [0.05, 0.1) is 12.8 Å². The number of aliphatic hydroxyl groups is 1. The van der Waals surface area contributed by atoms with Gasteiger partial charge in [-0.3, -0.25) is 9.89 Å². The number of benzene rings is 1. The number of ether oxygens (including phenoxy) is 1. The van der Waals surface area contributed by atoms with Crippen LogP contribution in [0.15, 0.2) is 30.5 Å². The number of aromatic nitrogens is 2. The molecule has 1 amide bonds. The lowest BCUT2D eigenvalue weighted by Gasteiger charge is -2.13. The predicted octanol–water partition coefficient (Wildman–Crippen LogP) is 1.13. The molecule has 0 bridgehead atoms. The Balaban J connectivity index is 2.16. The van der Waals surface area contributed by atoms with Crippen molar-refractivity contribution in [2.24, 2.45) is 0 Å². The maximum Gasteiger partial charge on any atom is 0.257 e. The summed E-state index contributed by atoms with van der Waals surface area (Å²) in [5.41, 5.74) is 0.236. The van der Waals surface area contributed by atoms with Gasteiger partial charge in [-0.2, -0.15) is 5.10 Å². The highest BCUT2D eigenvalue weighted by Crippen LogP contribution is 2.23. The van der Waals surface area contributed by atoms with Crippen LogP contribution in [0.4, 0.5) is 5.82 Å². The minimum atomic E-state index is -0.430. The predicted molar refractivity (Wildman–Crippen MR) is 71.8 cm³/mol. The molecular formula is C13H15N3O4. The van der Waals surface area contributed by atoms with E-state index in [1.807, 2.05) is 0 Å². The Hall–Kier alpha value is -2.54. The molecule has 0 aliphatic rings. The fourth-order valence-electron chi connectivity index (χ4n) is 1.57. The van der Waals surface area contributed by atoms with Gasteiger partial charge in [-0.25, -0.2) is 0 Å². The number of H-pyrrole nitrogens is 1. The fourth-order valence-corrected chi connectivity index (χ4v) is 1.57. The van der Waals surface area contributed by atoms with Crippen LogP contribution < -0.4 is 10.1 Å². The Bertz CT molecular complexity index is 583. The van der Waals surface area contributed by atoms with Crippen LogP contribution in [-0.4, -0.2) is 39.0 Å². The van der Waals surface area contributed by atoms with Crippen LogP contribution in [0.5, 0.6) is 11.5 Å². The molecule has 0 saturated carbocycles. The number of hydrogen-bond acceptors (Lipinski definition) is 5. The number of aromatic hydroxyl groups is 1. The molecule has 2 aromatic rings. The minimum absolute atomic E-state index is 0.0950. The smallest absolute Gasteiger partial charge is 0.257 e. The standard InChI is InChI=1S/C13H15N3O4/c1-8(7-17)20-11-5-9(4-10(18)6-11)13(19)15-12-2-3-14-16-12/h2-6,8,17-18H,7H2,1H3,(H2,14,15,16,19)/t8-/m0/s1. The highest BCUT2D eigenvalue weighted by Gasteiger charge is 2.11. The monoisotopic (exact) mass is 277 g/mol. The maximum absolute atomic E-state index is 12.0. The molecule has 0 aliphatic carbocycles. The first kappa shape index (κ1) is 13.9. The number of nitrogens with zero attached hydrogens (tertiary/aromatic N) is 1. The molecule has 2 rings (SSSR count). The summed E-state index contributed by atoms with van der Waals surface area (Å²) in [6, 6.07) is 5.78. The molecule has 1 aromatic carbocycles. The zero-order valence-corrected chi connectivity index (χ0v) is 10.8. The number of carbonyl (C=O) groups excluding carboxylic acids is 1. The number of hydrogen-bond donors (Lipinski definition) is 4. The zero-order valence-electron chi connectivity index (χ0n) is 10.8. The second kappa shape index (κ2) is 6.07. The number of phenolic OH excluding ortho intramolecular Hbond substituents is 1. The van der Waals surface area contributed by atoms with Crippen LogP contribution in [0.2, 0.25) is 0 Å². The van der Waals surface area contributed by atoms with Crippen LogP contribution >= 0.6 is 0 Å². The highest BCUT2D eigenvalue weighted by molar-refractivity contribution is 6.04. The third-order valence-electron chi connectivity index (χ3n) is 2.50. The molecule has 7 nitrogen and oxygen atoms in total. The van der Waals surface area contributed by atoms with Gasteiger partial charge in [-0.05, 0) is 19.1 Å². The number of carbonyl (C=O) groups is 1. The van der Waals surface area contributed by atoms with E-state index in [0.29, 0.717) is 11.6 Å². The van der Waals surface area contributed by atoms with Gasteiger partial charge in [-0.1, -0.05) is 0 Å². The number of amides is 1. The van der Waals surface area contributed by atoms with Crippen molar-refractivity contribution in [2.75, 3.05) is 11.9 Å². The fraction of sp³-hybridized carbons (Fsp3) is 0.231. The summed E-state index contributed by atoms with van der Waals surface area (Å²) in [7, 11) is 0. The summed E-state index contributed by atoms with van der Waals surface area (Å²) in [5, 5.41) is 27.4. The number of nitrogens with one attached hydrogen (secondary N) is 2. The summed E-state index contributed by atoms with van der Waals surface area (Å²) in [5.74, 6) is 0.250. The molecule has 0 aliphatic heterocycles. The Kier molecular flexibility index (Phi) is 4.21. The summed E-state index contributed by atoms with van der Waals surface area (Å²) in [6.45, 7) is 1.51. The molecule has 0 fully saturated rings. The second-order valence-electron chi connectivity index (χ2n) is 4.25. The van der Waals surface area contributed by atoms with E-state index in [9.17, 15) is 9.90 Å². The number of anilines is 1. The van der Waals surface area contributed by atoms with E-state index in [0.717, 1.165) is 0 Å². The summed E-state index contributed by atoms with van der Waals surface area (Å²) < 4.78 is 5.36. The van der Waals surface area contributed by atoms with Crippen molar-refractivity contribution in [1.29, 1.82) is 0 Å². The summed E-state index contributed by atoms with van der Waals surface area (Å²) >= 11 is 0. The second-order valence-corrected chi connectivity index (χ2v) is 4.25. The van der Waals surface area contributed by atoms with Crippen molar-refractivity contribution in [2.45, 2.75) is 13.0 Å². The van der Waals surface area contributed by atoms with Crippen molar-refractivity contribution in [1.82, 2.24) is 10.2 Å². The van der Waals surface area contributed by atoms with Crippen molar-refractivity contribution in [3.63, 3.8) is 0 Å². The third-order valence-corrected chi connectivity index (χ3v) is 2.50. The van der Waals surface area contributed by atoms with Gasteiger partial charge in [0.15, 0.2) is 0 Å².